The molecule has 1 aromatic rings. The van der Waals surface area contributed by atoms with Gasteiger partial charge in [-0.05, 0) is 13.8 Å². The van der Waals surface area contributed by atoms with Gasteiger partial charge in [0.15, 0.2) is 5.69 Å². The Hall–Kier alpha value is -1.61. The summed E-state index contributed by atoms with van der Waals surface area (Å²) in [5.41, 5.74) is 1.01. The summed E-state index contributed by atoms with van der Waals surface area (Å²) in [6.07, 6.45) is -4.56. The number of alkyl halides is 3. The minimum atomic E-state index is -4.56. The number of nitrogens with two attached hydrogens (primary N) is 1. The van der Waals surface area contributed by atoms with E-state index in [0.29, 0.717) is 13.2 Å². The summed E-state index contributed by atoms with van der Waals surface area (Å²) in [6.45, 7) is 4.49. The molecule has 0 bridgehead atoms. The van der Waals surface area contributed by atoms with Crippen LogP contribution in [0.1, 0.15) is 19.5 Å². The Balaban J connectivity index is 3.21. The van der Waals surface area contributed by atoms with E-state index in [9.17, 15) is 13.2 Å². The SMILES string of the molecule is CCN(c1cc(C(F)(F)F)nc(NN)n1)C(C)COC. The molecule has 3 N–H and O–H groups in total. The lowest BCUT2D eigenvalue weighted by Gasteiger charge is -2.29. The second-order valence-corrected chi connectivity index (χ2v) is 4.17. The molecule has 1 unspecified atom stereocenters. The van der Waals surface area contributed by atoms with Crippen LogP contribution < -0.4 is 16.2 Å². The Kier molecular flexibility index (Phi) is 5.52. The van der Waals surface area contributed by atoms with Crippen LogP contribution in [-0.2, 0) is 10.9 Å². The van der Waals surface area contributed by atoms with Gasteiger partial charge in [-0.3, -0.25) is 5.43 Å². The lowest BCUT2D eigenvalue weighted by Crippen LogP contribution is -2.37. The monoisotopic (exact) mass is 293 g/mol. The Bertz CT molecular complexity index is 441. The predicted octanol–water partition coefficient (Wildman–Crippen LogP) is 1.64. The number of nitrogens with one attached hydrogen (secondary N) is 1. The molecule has 9 heteroatoms. The molecular formula is C11H18F3N5O. The van der Waals surface area contributed by atoms with Crippen LogP contribution in [0.4, 0.5) is 24.9 Å². The lowest BCUT2D eigenvalue weighted by atomic mass is 10.2. The van der Waals surface area contributed by atoms with Crippen LogP contribution in [-0.4, -0.2) is 36.3 Å². The van der Waals surface area contributed by atoms with Crippen LogP contribution in [0.5, 0.6) is 0 Å². The standard InChI is InChI=1S/C11H18F3N5O/c1-4-19(7(2)6-20-3)9-5-8(11(12,13)14)16-10(17-9)18-15/h5,7H,4,6,15H2,1-3H3,(H,16,17,18). The van der Waals surface area contributed by atoms with Crippen LogP contribution in [0.3, 0.4) is 0 Å². The zero-order chi connectivity index (χ0) is 15.3. The van der Waals surface area contributed by atoms with Crippen LogP contribution in [0.15, 0.2) is 6.07 Å². The highest BCUT2D eigenvalue weighted by molar-refractivity contribution is 5.46. The van der Waals surface area contributed by atoms with Crippen LogP contribution in [0.2, 0.25) is 0 Å². The van der Waals surface area contributed by atoms with Gasteiger partial charge in [0.1, 0.15) is 5.82 Å². The molecule has 0 radical (unpaired) electrons. The van der Waals surface area contributed by atoms with E-state index in [1.807, 2.05) is 19.3 Å². The van der Waals surface area contributed by atoms with Gasteiger partial charge in [0, 0.05) is 19.7 Å². The van der Waals surface area contributed by atoms with E-state index in [2.05, 4.69) is 9.97 Å². The molecule has 1 atom stereocenters. The number of anilines is 2. The summed E-state index contributed by atoms with van der Waals surface area (Å²) in [4.78, 5) is 8.96. The molecule has 0 aliphatic rings. The molecule has 0 fully saturated rings. The molecule has 20 heavy (non-hydrogen) atoms. The topological polar surface area (TPSA) is 76.3 Å². The average Bonchev–Trinajstić information content (AvgIpc) is 2.38. The van der Waals surface area contributed by atoms with Crippen molar-refractivity contribution in [3.8, 4) is 0 Å². The summed E-state index contributed by atoms with van der Waals surface area (Å²) in [6, 6.07) is 0.767. The number of halogens is 3. The average molecular weight is 293 g/mol. The Morgan fingerprint density at radius 3 is 2.55 bits per heavy atom. The van der Waals surface area contributed by atoms with E-state index in [1.165, 1.54) is 7.11 Å². The smallest absolute Gasteiger partial charge is 0.383 e. The summed E-state index contributed by atoms with van der Waals surface area (Å²) >= 11 is 0. The fourth-order valence-electron chi connectivity index (χ4n) is 1.82. The third kappa shape index (κ3) is 3.94. The molecule has 1 heterocycles. The van der Waals surface area contributed by atoms with Gasteiger partial charge in [-0.1, -0.05) is 0 Å². The lowest BCUT2D eigenvalue weighted by molar-refractivity contribution is -0.141. The molecule has 6 nitrogen and oxygen atoms in total. The fraction of sp³-hybridized carbons (Fsp3) is 0.636. The maximum atomic E-state index is 12.8. The van der Waals surface area contributed by atoms with E-state index in [1.54, 1.807) is 4.90 Å². The summed E-state index contributed by atoms with van der Waals surface area (Å²) < 4.78 is 43.4. The highest BCUT2D eigenvalue weighted by Crippen LogP contribution is 2.30. The van der Waals surface area contributed by atoms with Crippen molar-refractivity contribution < 1.29 is 17.9 Å². The van der Waals surface area contributed by atoms with Crippen molar-refractivity contribution in [2.75, 3.05) is 30.6 Å². The molecule has 0 amide bonds. The first-order valence-electron chi connectivity index (χ1n) is 6.02. The number of methoxy groups -OCH3 is 1. The number of nitrogen functional groups attached to an aromatic ring is 1. The van der Waals surface area contributed by atoms with Crippen molar-refractivity contribution in [2.45, 2.75) is 26.1 Å². The second-order valence-electron chi connectivity index (χ2n) is 4.17. The Labute approximate surface area is 115 Å². The number of nitrogens with zero attached hydrogens (tertiary/aromatic N) is 3. The molecular weight excluding hydrogens is 275 g/mol. The highest BCUT2D eigenvalue weighted by Gasteiger charge is 2.34. The minimum Gasteiger partial charge on any atom is -0.383 e. The van der Waals surface area contributed by atoms with E-state index in [-0.39, 0.29) is 17.8 Å². The summed E-state index contributed by atoms with van der Waals surface area (Å²) in [5, 5.41) is 0. The van der Waals surface area contributed by atoms with E-state index >= 15 is 0 Å². The van der Waals surface area contributed by atoms with Gasteiger partial charge in [0.05, 0.1) is 12.6 Å². The molecule has 0 saturated carbocycles. The maximum Gasteiger partial charge on any atom is 0.433 e. The quantitative estimate of drug-likeness (QED) is 0.613. The zero-order valence-electron chi connectivity index (χ0n) is 11.5. The molecule has 0 spiro atoms. The summed E-state index contributed by atoms with van der Waals surface area (Å²) in [5.74, 6) is 4.99. The van der Waals surface area contributed by atoms with Crippen LogP contribution >= 0.6 is 0 Å². The molecule has 0 aliphatic carbocycles. The first-order valence-corrected chi connectivity index (χ1v) is 6.02. The molecule has 0 aliphatic heterocycles. The molecule has 0 aromatic carbocycles. The summed E-state index contributed by atoms with van der Waals surface area (Å²) in [7, 11) is 1.53. The first kappa shape index (κ1) is 16.4. The van der Waals surface area contributed by atoms with E-state index in [4.69, 9.17) is 10.6 Å². The fourth-order valence-corrected chi connectivity index (χ4v) is 1.82. The van der Waals surface area contributed by atoms with Gasteiger partial charge in [-0.25, -0.2) is 10.8 Å². The van der Waals surface area contributed by atoms with Gasteiger partial charge in [0.25, 0.3) is 0 Å². The number of ether oxygens (including phenoxy) is 1. The van der Waals surface area contributed by atoms with E-state index < -0.39 is 11.9 Å². The van der Waals surface area contributed by atoms with Crippen LogP contribution in [0, 0.1) is 0 Å². The van der Waals surface area contributed by atoms with Gasteiger partial charge in [-0.15, -0.1) is 0 Å². The van der Waals surface area contributed by atoms with Crippen molar-refractivity contribution >= 4 is 11.8 Å². The van der Waals surface area contributed by atoms with Crippen molar-refractivity contribution in [3.05, 3.63) is 11.8 Å². The van der Waals surface area contributed by atoms with Gasteiger partial charge >= 0.3 is 6.18 Å². The third-order valence-electron chi connectivity index (χ3n) is 2.71. The van der Waals surface area contributed by atoms with Gasteiger partial charge in [0.2, 0.25) is 5.95 Å². The number of likely N-dealkylation sites (N-methyl/N-ethyl adjacent to an activating group) is 1. The van der Waals surface area contributed by atoms with Crippen LogP contribution in [0.25, 0.3) is 0 Å². The molecule has 114 valence electrons. The second kappa shape index (κ2) is 6.71. The van der Waals surface area contributed by atoms with Crippen molar-refractivity contribution in [1.82, 2.24) is 9.97 Å². The predicted molar refractivity (Wildman–Crippen MR) is 69.2 cm³/mol. The van der Waals surface area contributed by atoms with E-state index in [0.717, 1.165) is 6.07 Å². The Morgan fingerprint density at radius 1 is 1.45 bits per heavy atom. The number of hydrogen-bond donors (Lipinski definition) is 2. The van der Waals surface area contributed by atoms with Gasteiger partial charge < -0.3 is 9.64 Å². The molecule has 1 aromatic heterocycles. The number of aromatic nitrogens is 2. The Morgan fingerprint density at radius 2 is 2.10 bits per heavy atom. The van der Waals surface area contributed by atoms with Crippen molar-refractivity contribution in [1.29, 1.82) is 0 Å². The normalized spacial score (nSPS) is 13.2. The third-order valence-corrected chi connectivity index (χ3v) is 2.71. The number of hydrazine groups is 1. The molecule has 1 rings (SSSR count). The minimum absolute atomic E-state index is 0.133. The number of hydrogen-bond acceptors (Lipinski definition) is 6. The first-order chi connectivity index (χ1) is 9.33. The number of rotatable bonds is 6. The van der Waals surface area contributed by atoms with Gasteiger partial charge in [-0.2, -0.15) is 18.2 Å². The maximum absolute atomic E-state index is 12.8. The van der Waals surface area contributed by atoms with Crippen molar-refractivity contribution in [2.24, 2.45) is 5.84 Å². The van der Waals surface area contributed by atoms with Crippen molar-refractivity contribution in [3.63, 3.8) is 0 Å². The molecule has 0 saturated heterocycles. The zero-order valence-corrected chi connectivity index (χ0v) is 11.5. The largest absolute Gasteiger partial charge is 0.433 e. The highest BCUT2D eigenvalue weighted by atomic mass is 19.4.